The minimum Gasteiger partial charge on any atom is -0.392 e. The summed E-state index contributed by atoms with van der Waals surface area (Å²) in [6, 6.07) is 0.557. The van der Waals surface area contributed by atoms with Crippen molar-refractivity contribution in [3.63, 3.8) is 0 Å². The number of aliphatic hydroxyl groups is 1. The molecule has 1 rings (SSSR count). The van der Waals surface area contributed by atoms with E-state index in [9.17, 15) is 13.5 Å². The average Bonchev–Trinajstić information content (AvgIpc) is 2.32. The van der Waals surface area contributed by atoms with E-state index in [0.29, 0.717) is 19.1 Å². The predicted molar refractivity (Wildman–Crippen MR) is 77.6 cm³/mol. The molecule has 114 valence electrons. The molecule has 0 heterocycles. The lowest BCUT2D eigenvalue weighted by Gasteiger charge is -2.35. The Morgan fingerprint density at radius 2 is 1.95 bits per heavy atom. The SMILES string of the molecule is C[C@H](O)CN(CCCNS(C)(=O)=O)C1CCCCC1. The Balaban J connectivity index is 2.36. The number of aliphatic hydroxyl groups excluding tert-OH is 1. The molecule has 5 nitrogen and oxygen atoms in total. The standard InChI is InChI=1S/C13H28N2O3S/c1-12(16)11-15(13-7-4-3-5-8-13)10-6-9-14-19(2,17)18/h12-14,16H,3-11H2,1-2H3/t12-/m0/s1. The monoisotopic (exact) mass is 292 g/mol. The molecule has 1 aliphatic rings. The van der Waals surface area contributed by atoms with Crippen molar-refractivity contribution < 1.29 is 13.5 Å². The van der Waals surface area contributed by atoms with Gasteiger partial charge in [0, 0.05) is 19.1 Å². The summed E-state index contributed by atoms with van der Waals surface area (Å²) in [7, 11) is -3.09. The second-order valence-corrected chi connectivity index (χ2v) is 7.49. The van der Waals surface area contributed by atoms with Crippen LogP contribution in [0.25, 0.3) is 0 Å². The summed E-state index contributed by atoms with van der Waals surface area (Å²) in [4.78, 5) is 2.33. The van der Waals surface area contributed by atoms with Gasteiger partial charge in [0.05, 0.1) is 12.4 Å². The third-order valence-corrected chi connectivity index (χ3v) is 4.30. The number of nitrogens with one attached hydrogen (secondary N) is 1. The van der Waals surface area contributed by atoms with Crippen LogP contribution >= 0.6 is 0 Å². The topological polar surface area (TPSA) is 69.6 Å². The van der Waals surface area contributed by atoms with Gasteiger partial charge in [0.15, 0.2) is 0 Å². The Labute approximate surface area is 117 Å². The van der Waals surface area contributed by atoms with Crippen molar-refractivity contribution in [3.8, 4) is 0 Å². The summed E-state index contributed by atoms with van der Waals surface area (Å²) in [5, 5.41) is 9.59. The molecular weight excluding hydrogens is 264 g/mol. The largest absolute Gasteiger partial charge is 0.392 e. The summed E-state index contributed by atoms with van der Waals surface area (Å²) in [5.41, 5.74) is 0. The molecule has 6 heteroatoms. The molecule has 0 saturated heterocycles. The fourth-order valence-electron chi connectivity index (χ4n) is 2.75. The van der Waals surface area contributed by atoms with Gasteiger partial charge in [-0.25, -0.2) is 13.1 Å². The fourth-order valence-corrected chi connectivity index (χ4v) is 3.26. The second kappa shape index (κ2) is 8.19. The van der Waals surface area contributed by atoms with E-state index in [1.807, 2.05) is 6.92 Å². The zero-order chi connectivity index (χ0) is 14.3. The molecule has 0 aromatic rings. The zero-order valence-electron chi connectivity index (χ0n) is 12.1. The Morgan fingerprint density at radius 3 is 2.47 bits per heavy atom. The predicted octanol–water partition coefficient (Wildman–Crippen LogP) is 0.941. The molecule has 0 aliphatic heterocycles. The van der Waals surface area contributed by atoms with Gasteiger partial charge < -0.3 is 5.11 Å². The highest BCUT2D eigenvalue weighted by atomic mass is 32.2. The highest BCUT2D eigenvalue weighted by Gasteiger charge is 2.21. The van der Waals surface area contributed by atoms with Gasteiger partial charge >= 0.3 is 0 Å². The Morgan fingerprint density at radius 1 is 1.32 bits per heavy atom. The van der Waals surface area contributed by atoms with Gasteiger partial charge in [-0.2, -0.15) is 0 Å². The fraction of sp³-hybridized carbons (Fsp3) is 1.00. The smallest absolute Gasteiger partial charge is 0.208 e. The van der Waals surface area contributed by atoms with Crippen molar-refractivity contribution in [1.29, 1.82) is 0 Å². The first-order valence-corrected chi connectivity index (χ1v) is 9.14. The van der Waals surface area contributed by atoms with E-state index < -0.39 is 10.0 Å². The van der Waals surface area contributed by atoms with Crippen LogP contribution in [-0.4, -0.2) is 56.5 Å². The van der Waals surface area contributed by atoms with Crippen LogP contribution in [0, 0.1) is 0 Å². The highest BCUT2D eigenvalue weighted by Crippen LogP contribution is 2.22. The summed E-state index contributed by atoms with van der Waals surface area (Å²) < 4.78 is 24.5. The van der Waals surface area contributed by atoms with E-state index in [1.165, 1.54) is 38.4 Å². The molecule has 0 amide bonds. The van der Waals surface area contributed by atoms with Crippen LogP contribution in [0.2, 0.25) is 0 Å². The number of sulfonamides is 1. The van der Waals surface area contributed by atoms with E-state index >= 15 is 0 Å². The van der Waals surface area contributed by atoms with Gasteiger partial charge in [-0.15, -0.1) is 0 Å². The van der Waals surface area contributed by atoms with Crippen LogP contribution < -0.4 is 4.72 Å². The lowest BCUT2D eigenvalue weighted by atomic mass is 9.94. The second-order valence-electron chi connectivity index (χ2n) is 5.66. The molecule has 1 saturated carbocycles. The molecule has 0 spiro atoms. The molecule has 19 heavy (non-hydrogen) atoms. The van der Waals surface area contributed by atoms with Crippen LogP contribution in [0.1, 0.15) is 45.4 Å². The van der Waals surface area contributed by atoms with Crippen LogP contribution in [0.15, 0.2) is 0 Å². The van der Waals surface area contributed by atoms with Crippen molar-refractivity contribution in [2.24, 2.45) is 0 Å². The van der Waals surface area contributed by atoms with Crippen molar-refractivity contribution in [2.75, 3.05) is 25.9 Å². The summed E-state index contributed by atoms with van der Waals surface area (Å²) in [6.07, 6.45) is 7.89. The maximum Gasteiger partial charge on any atom is 0.208 e. The number of nitrogens with zero attached hydrogens (tertiary/aromatic N) is 1. The maximum absolute atomic E-state index is 11.0. The first-order chi connectivity index (χ1) is 8.88. The van der Waals surface area contributed by atoms with Crippen molar-refractivity contribution in [3.05, 3.63) is 0 Å². The quantitative estimate of drug-likeness (QED) is 0.653. The Kier molecular flexibility index (Phi) is 7.28. The highest BCUT2D eigenvalue weighted by molar-refractivity contribution is 7.88. The van der Waals surface area contributed by atoms with Crippen LogP contribution in [0.3, 0.4) is 0 Å². The normalized spacial score (nSPS) is 19.8. The van der Waals surface area contributed by atoms with Gasteiger partial charge in [0.2, 0.25) is 10.0 Å². The first-order valence-electron chi connectivity index (χ1n) is 7.25. The maximum atomic E-state index is 11.0. The third kappa shape index (κ3) is 7.87. The summed E-state index contributed by atoms with van der Waals surface area (Å²) in [5.74, 6) is 0. The van der Waals surface area contributed by atoms with E-state index in [-0.39, 0.29) is 6.10 Å². The number of hydrogen-bond donors (Lipinski definition) is 2. The Bertz CT molecular complexity index is 338. The zero-order valence-corrected chi connectivity index (χ0v) is 13.0. The lowest BCUT2D eigenvalue weighted by Crippen LogP contribution is -2.42. The average molecular weight is 292 g/mol. The summed E-state index contributed by atoms with van der Waals surface area (Å²) >= 11 is 0. The van der Waals surface area contributed by atoms with Gasteiger partial charge in [-0.3, -0.25) is 4.90 Å². The van der Waals surface area contributed by atoms with Crippen molar-refractivity contribution in [2.45, 2.75) is 57.6 Å². The summed E-state index contributed by atoms with van der Waals surface area (Å²) in [6.45, 7) is 3.81. The van der Waals surface area contributed by atoms with Crippen molar-refractivity contribution >= 4 is 10.0 Å². The minimum atomic E-state index is -3.09. The first kappa shape index (κ1) is 16.9. The van der Waals surface area contributed by atoms with Gasteiger partial charge in [0.25, 0.3) is 0 Å². The molecule has 1 fully saturated rings. The molecule has 0 aromatic carbocycles. The molecule has 1 atom stereocenters. The van der Waals surface area contributed by atoms with E-state index in [4.69, 9.17) is 0 Å². The van der Waals surface area contributed by atoms with Crippen LogP contribution in [0.4, 0.5) is 0 Å². The molecule has 0 radical (unpaired) electrons. The van der Waals surface area contributed by atoms with E-state index in [1.54, 1.807) is 0 Å². The Hall–Kier alpha value is -0.170. The molecular formula is C13H28N2O3S. The van der Waals surface area contributed by atoms with E-state index in [0.717, 1.165) is 13.0 Å². The van der Waals surface area contributed by atoms with Crippen LogP contribution in [-0.2, 0) is 10.0 Å². The molecule has 0 aromatic heterocycles. The molecule has 1 aliphatic carbocycles. The minimum absolute atomic E-state index is 0.329. The number of rotatable bonds is 8. The van der Waals surface area contributed by atoms with E-state index in [2.05, 4.69) is 9.62 Å². The van der Waals surface area contributed by atoms with Gasteiger partial charge in [-0.1, -0.05) is 19.3 Å². The van der Waals surface area contributed by atoms with Gasteiger partial charge in [-0.05, 0) is 32.7 Å². The van der Waals surface area contributed by atoms with Gasteiger partial charge in [0.1, 0.15) is 0 Å². The van der Waals surface area contributed by atoms with Crippen LogP contribution in [0.5, 0.6) is 0 Å². The lowest BCUT2D eigenvalue weighted by molar-refractivity contribution is 0.0818. The molecule has 2 N–H and O–H groups in total. The number of hydrogen-bond acceptors (Lipinski definition) is 4. The molecule has 0 unspecified atom stereocenters. The third-order valence-electron chi connectivity index (χ3n) is 3.58. The van der Waals surface area contributed by atoms with Crippen molar-refractivity contribution in [1.82, 2.24) is 9.62 Å². The molecule has 0 bridgehead atoms.